The van der Waals surface area contributed by atoms with E-state index in [1.54, 1.807) is 18.2 Å². The molecule has 0 saturated carbocycles. The monoisotopic (exact) mass is 302 g/mol. The first kappa shape index (κ1) is 17.2. The maximum absolute atomic E-state index is 12.4. The average molecular weight is 302 g/mol. The van der Waals surface area contributed by atoms with Crippen LogP contribution in [0.5, 0.6) is 0 Å². The van der Waals surface area contributed by atoms with Gasteiger partial charge in [-0.05, 0) is 30.7 Å². The number of benzene rings is 1. The molecular formula is C15H18N4O3. The Morgan fingerprint density at radius 3 is 2.55 bits per heavy atom. The summed E-state index contributed by atoms with van der Waals surface area (Å²) in [5.74, 6) is -1.23. The zero-order valence-corrected chi connectivity index (χ0v) is 12.2. The average Bonchev–Trinajstić information content (AvgIpc) is 2.49. The van der Waals surface area contributed by atoms with Crippen LogP contribution in [0, 0.1) is 11.3 Å². The van der Waals surface area contributed by atoms with E-state index in [9.17, 15) is 9.59 Å². The Balaban J connectivity index is 2.99. The largest absolute Gasteiger partial charge is 0.399 e. The molecule has 7 nitrogen and oxygen atoms in total. The molecular weight excluding hydrogens is 284 g/mol. The van der Waals surface area contributed by atoms with Crippen molar-refractivity contribution in [3.05, 3.63) is 36.0 Å². The van der Waals surface area contributed by atoms with Crippen LogP contribution in [0.3, 0.4) is 0 Å². The number of anilines is 2. The fraction of sp³-hybridized carbons (Fsp3) is 0.267. The van der Waals surface area contributed by atoms with Gasteiger partial charge in [-0.25, -0.2) is 4.90 Å². The summed E-state index contributed by atoms with van der Waals surface area (Å²) >= 11 is 0. The van der Waals surface area contributed by atoms with Gasteiger partial charge < -0.3 is 16.2 Å². The molecule has 22 heavy (non-hydrogen) atoms. The van der Waals surface area contributed by atoms with Crippen LogP contribution >= 0.6 is 0 Å². The third-order valence-corrected chi connectivity index (χ3v) is 2.75. The maximum atomic E-state index is 12.4. The van der Waals surface area contributed by atoms with Gasteiger partial charge in [0.15, 0.2) is 0 Å². The predicted octanol–water partition coefficient (Wildman–Crippen LogP) is 0.528. The van der Waals surface area contributed by atoms with Crippen LogP contribution < -0.4 is 16.0 Å². The minimum atomic E-state index is -0.726. The molecule has 1 rings (SSSR count). The third kappa shape index (κ3) is 4.61. The van der Waals surface area contributed by atoms with Crippen LogP contribution in [-0.2, 0) is 9.59 Å². The van der Waals surface area contributed by atoms with Gasteiger partial charge in [0.1, 0.15) is 11.6 Å². The van der Waals surface area contributed by atoms with Gasteiger partial charge in [0.2, 0.25) is 5.91 Å². The number of rotatable bonds is 6. The van der Waals surface area contributed by atoms with Crippen molar-refractivity contribution in [2.75, 3.05) is 23.8 Å². The topological polar surface area (TPSA) is 119 Å². The SMILES string of the molecule is CC(=O)N(C(=O)/C(C#N)=C\NCCCO)c1ccc(N)cc1. The van der Waals surface area contributed by atoms with E-state index < -0.39 is 11.8 Å². The molecule has 1 aromatic carbocycles. The molecule has 0 fully saturated rings. The fourth-order valence-electron chi connectivity index (χ4n) is 1.68. The number of aliphatic hydroxyl groups is 1. The van der Waals surface area contributed by atoms with Gasteiger partial charge in [-0.3, -0.25) is 9.59 Å². The highest BCUT2D eigenvalue weighted by Gasteiger charge is 2.23. The van der Waals surface area contributed by atoms with Crippen molar-refractivity contribution in [2.24, 2.45) is 0 Å². The van der Waals surface area contributed by atoms with Crippen molar-refractivity contribution >= 4 is 23.2 Å². The van der Waals surface area contributed by atoms with E-state index in [0.717, 1.165) is 4.90 Å². The normalized spacial score (nSPS) is 10.7. The van der Waals surface area contributed by atoms with E-state index in [4.69, 9.17) is 16.1 Å². The first-order valence-corrected chi connectivity index (χ1v) is 6.66. The molecule has 0 radical (unpaired) electrons. The number of nitrogens with two attached hydrogens (primary N) is 1. The second kappa shape index (κ2) is 8.44. The van der Waals surface area contributed by atoms with Crippen LogP contribution in [-0.4, -0.2) is 30.1 Å². The summed E-state index contributed by atoms with van der Waals surface area (Å²) in [4.78, 5) is 25.0. The summed E-state index contributed by atoms with van der Waals surface area (Å²) in [7, 11) is 0. The highest BCUT2D eigenvalue weighted by Crippen LogP contribution is 2.18. The summed E-state index contributed by atoms with van der Waals surface area (Å²) in [6.45, 7) is 1.65. The summed E-state index contributed by atoms with van der Waals surface area (Å²) in [6.07, 6.45) is 1.73. The van der Waals surface area contributed by atoms with Crippen molar-refractivity contribution in [2.45, 2.75) is 13.3 Å². The number of nitrogens with one attached hydrogen (secondary N) is 1. The maximum Gasteiger partial charge on any atom is 0.277 e. The van der Waals surface area contributed by atoms with Crippen LogP contribution in [0.25, 0.3) is 0 Å². The number of aliphatic hydroxyl groups excluding tert-OH is 1. The zero-order chi connectivity index (χ0) is 16.5. The fourth-order valence-corrected chi connectivity index (χ4v) is 1.68. The molecule has 0 saturated heterocycles. The Morgan fingerprint density at radius 2 is 2.05 bits per heavy atom. The number of imide groups is 1. The lowest BCUT2D eigenvalue weighted by molar-refractivity contribution is -0.123. The van der Waals surface area contributed by atoms with E-state index in [2.05, 4.69) is 5.32 Å². The molecule has 1 aromatic rings. The molecule has 4 N–H and O–H groups in total. The van der Waals surface area contributed by atoms with Gasteiger partial charge >= 0.3 is 0 Å². The Kier molecular flexibility index (Phi) is 6.60. The molecule has 0 spiro atoms. The Morgan fingerprint density at radius 1 is 1.41 bits per heavy atom. The van der Waals surface area contributed by atoms with Crippen LogP contribution in [0.1, 0.15) is 13.3 Å². The number of carbonyl (C=O) groups is 2. The predicted molar refractivity (Wildman–Crippen MR) is 82.4 cm³/mol. The minimum absolute atomic E-state index is 0.00167. The van der Waals surface area contributed by atoms with Crippen molar-refractivity contribution in [3.63, 3.8) is 0 Å². The molecule has 0 atom stereocenters. The number of nitriles is 1. The minimum Gasteiger partial charge on any atom is -0.399 e. The van der Waals surface area contributed by atoms with Gasteiger partial charge in [-0.1, -0.05) is 0 Å². The lowest BCUT2D eigenvalue weighted by atomic mass is 10.2. The quantitative estimate of drug-likeness (QED) is 0.305. The van der Waals surface area contributed by atoms with E-state index in [0.29, 0.717) is 24.3 Å². The molecule has 0 bridgehead atoms. The molecule has 7 heteroatoms. The van der Waals surface area contributed by atoms with Crippen molar-refractivity contribution in [1.29, 1.82) is 5.26 Å². The van der Waals surface area contributed by atoms with Crippen LogP contribution in [0.4, 0.5) is 11.4 Å². The molecule has 0 aliphatic heterocycles. The van der Waals surface area contributed by atoms with E-state index in [1.165, 1.54) is 25.3 Å². The van der Waals surface area contributed by atoms with Gasteiger partial charge in [0, 0.05) is 32.0 Å². The van der Waals surface area contributed by atoms with E-state index >= 15 is 0 Å². The molecule has 0 aliphatic carbocycles. The number of hydrogen-bond donors (Lipinski definition) is 3. The van der Waals surface area contributed by atoms with E-state index in [1.807, 2.05) is 0 Å². The Hall–Kier alpha value is -2.85. The first-order valence-electron chi connectivity index (χ1n) is 6.66. The molecule has 0 heterocycles. The number of amides is 2. The Labute approximate surface area is 128 Å². The van der Waals surface area contributed by atoms with Gasteiger partial charge in [0.25, 0.3) is 5.91 Å². The standard InChI is InChI=1S/C15H18N4O3/c1-11(21)19(14-5-3-13(17)4-6-14)15(22)12(9-16)10-18-7-2-8-20/h3-6,10,18,20H,2,7-8,17H2,1H3/b12-10-. The second-order valence-corrected chi connectivity index (χ2v) is 4.45. The van der Waals surface area contributed by atoms with Crippen molar-refractivity contribution in [1.82, 2.24) is 5.32 Å². The molecule has 0 unspecified atom stereocenters. The lowest BCUT2D eigenvalue weighted by Crippen LogP contribution is -2.36. The molecule has 0 aliphatic rings. The lowest BCUT2D eigenvalue weighted by Gasteiger charge is -2.19. The van der Waals surface area contributed by atoms with Gasteiger partial charge in [-0.2, -0.15) is 5.26 Å². The highest BCUT2D eigenvalue weighted by molar-refractivity contribution is 6.21. The Bertz CT molecular complexity index is 602. The van der Waals surface area contributed by atoms with Crippen molar-refractivity contribution in [3.8, 4) is 6.07 Å². The molecule has 0 aromatic heterocycles. The van der Waals surface area contributed by atoms with Crippen molar-refractivity contribution < 1.29 is 14.7 Å². The number of nitrogen functional groups attached to an aromatic ring is 1. The molecule has 116 valence electrons. The van der Waals surface area contributed by atoms with E-state index in [-0.39, 0.29) is 12.2 Å². The van der Waals surface area contributed by atoms with Crippen LogP contribution in [0.2, 0.25) is 0 Å². The van der Waals surface area contributed by atoms with Gasteiger partial charge in [0.05, 0.1) is 5.69 Å². The van der Waals surface area contributed by atoms with Crippen LogP contribution in [0.15, 0.2) is 36.0 Å². The molecule has 2 amide bonds. The number of carbonyl (C=O) groups excluding carboxylic acids is 2. The smallest absolute Gasteiger partial charge is 0.277 e. The summed E-state index contributed by atoms with van der Waals surface area (Å²) in [5.41, 5.74) is 6.21. The number of hydrogen-bond acceptors (Lipinski definition) is 6. The van der Waals surface area contributed by atoms with Gasteiger partial charge in [-0.15, -0.1) is 0 Å². The summed E-state index contributed by atoms with van der Waals surface area (Å²) in [6, 6.07) is 7.95. The third-order valence-electron chi connectivity index (χ3n) is 2.75. The number of nitrogens with zero attached hydrogens (tertiary/aromatic N) is 2. The second-order valence-electron chi connectivity index (χ2n) is 4.45. The zero-order valence-electron chi connectivity index (χ0n) is 12.2. The summed E-state index contributed by atoms with van der Waals surface area (Å²) in [5, 5.41) is 20.5. The highest BCUT2D eigenvalue weighted by atomic mass is 16.3. The first-order chi connectivity index (χ1) is 10.5. The summed E-state index contributed by atoms with van der Waals surface area (Å²) < 4.78 is 0.